The zero-order valence-electron chi connectivity index (χ0n) is 14.1. The first kappa shape index (κ1) is 17.0. The topological polar surface area (TPSA) is 95.5 Å². The second-order valence-corrected chi connectivity index (χ2v) is 5.16. The van der Waals surface area contributed by atoms with E-state index in [2.05, 4.69) is 20.8 Å². The number of para-hydroxylation sites is 1. The highest BCUT2D eigenvalue weighted by molar-refractivity contribution is 5.76. The number of nitrogens with zero attached hydrogens (tertiary/aromatic N) is 3. The molecule has 0 atom stereocenters. The fourth-order valence-electron chi connectivity index (χ4n) is 2.16. The minimum Gasteiger partial charge on any atom is -0.494 e. The molecule has 0 amide bonds. The van der Waals surface area contributed by atoms with Crippen LogP contribution in [0.4, 0.5) is 17.3 Å². The summed E-state index contributed by atoms with van der Waals surface area (Å²) in [6.45, 7) is 2.53. The van der Waals surface area contributed by atoms with Crippen molar-refractivity contribution in [3.8, 4) is 11.8 Å². The van der Waals surface area contributed by atoms with Crippen molar-refractivity contribution in [1.29, 1.82) is 5.26 Å². The van der Waals surface area contributed by atoms with Gasteiger partial charge in [-0.3, -0.25) is 5.43 Å². The SMILES string of the molecule is CCOc1ccc(Nc2oc(/C=N\Nc3ccccc3)nc2C#N)cc1. The highest BCUT2D eigenvalue weighted by atomic mass is 16.5. The van der Waals surface area contributed by atoms with E-state index in [1.54, 1.807) is 0 Å². The summed E-state index contributed by atoms with van der Waals surface area (Å²) in [6.07, 6.45) is 1.41. The molecule has 0 fully saturated rings. The molecule has 0 aliphatic rings. The van der Waals surface area contributed by atoms with E-state index in [1.807, 2.05) is 67.6 Å². The number of hydrogen-bond donors (Lipinski definition) is 2. The van der Waals surface area contributed by atoms with Crippen molar-refractivity contribution < 1.29 is 9.15 Å². The molecule has 1 aromatic heterocycles. The zero-order chi connectivity index (χ0) is 18.2. The monoisotopic (exact) mass is 347 g/mol. The van der Waals surface area contributed by atoms with Gasteiger partial charge in [-0.1, -0.05) is 18.2 Å². The van der Waals surface area contributed by atoms with E-state index in [9.17, 15) is 5.26 Å². The van der Waals surface area contributed by atoms with E-state index in [4.69, 9.17) is 9.15 Å². The number of aromatic nitrogens is 1. The molecule has 26 heavy (non-hydrogen) atoms. The standard InChI is InChI=1S/C19H17N5O2/c1-2-25-16-10-8-14(9-11-16)22-19-17(12-20)23-18(26-19)13-21-24-15-6-4-3-5-7-15/h3-11,13,22,24H,2H2,1H3/b21-13-. The Hall–Kier alpha value is -3.79. The van der Waals surface area contributed by atoms with Crippen LogP contribution in [0.15, 0.2) is 64.1 Å². The fourth-order valence-corrected chi connectivity index (χ4v) is 2.16. The Kier molecular flexibility index (Phi) is 5.47. The van der Waals surface area contributed by atoms with Gasteiger partial charge in [-0.25, -0.2) is 0 Å². The van der Waals surface area contributed by atoms with Gasteiger partial charge >= 0.3 is 0 Å². The van der Waals surface area contributed by atoms with Gasteiger partial charge in [0, 0.05) is 5.69 Å². The molecule has 2 aromatic carbocycles. The largest absolute Gasteiger partial charge is 0.494 e. The summed E-state index contributed by atoms with van der Waals surface area (Å²) in [5, 5.41) is 16.3. The molecule has 0 bridgehead atoms. The lowest BCUT2D eigenvalue weighted by molar-refractivity contribution is 0.340. The summed E-state index contributed by atoms with van der Waals surface area (Å²) in [5.74, 6) is 1.26. The molecule has 0 radical (unpaired) electrons. The van der Waals surface area contributed by atoms with Crippen LogP contribution in [0.2, 0.25) is 0 Å². The fraction of sp³-hybridized carbons (Fsp3) is 0.105. The first-order chi connectivity index (χ1) is 12.8. The highest BCUT2D eigenvalue weighted by Gasteiger charge is 2.12. The second kappa shape index (κ2) is 8.35. The van der Waals surface area contributed by atoms with Gasteiger partial charge in [0.25, 0.3) is 0 Å². The third-order valence-electron chi connectivity index (χ3n) is 3.32. The van der Waals surface area contributed by atoms with Crippen molar-refractivity contribution in [2.24, 2.45) is 5.10 Å². The van der Waals surface area contributed by atoms with Crippen molar-refractivity contribution >= 4 is 23.5 Å². The van der Waals surface area contributed by atoms with Gasteiger partial charge in [0.1, 0.15) is 18.0 Å². The molecule has 1 heterocycles. The maximum Gasteiger partial charge on any atom is 0.243 e. The van der Waals surface area contributed by atoms with Crippen LogP contribution in [0.25, 0.3) is 0 Å². The first-order valence-corrected chi connectivity index (χ1v) is 8.03. The molecule has 3 aromatic rings. The molecule has 0 aliphatic heterocycles. The Balaban J connectivity index is 1.69. The predicted octanol–water partition coefficient (Wildman–Crippen LogP) is 4.13. The number of hydrogen-bond acceptors (Lipinski definition) is 7. The Morgan fingerprint density at radius 1 is 1.15 bits per heavy atom. The predicted molar refractivity (Wildman–Crippen MR) is 99.8 cm³/mol. The smallest absolute Gasteiger partial charge is 0.243 e. The van der Waals surface area contributed by atoms with Gasteiger partial charge in [-0.15, -0.1) is 0 Å². The number of nitrogens with one attached hydrogen (secondary N) is 2. The summed E-state index contributed by atoms with van der Waals surface area (Å²) in [5.41, 5.74) is 4.61. The molecule has 7 nitrogen and oxygen atoms in total. The van der Waals surface area contributed by atoms with Crippen molar-refractivity contribution in [2.45, 2.75) is 6.92 Å². The van der Waals surface area contributed by atoms with Gasteiger partial charge in [-0.2, -0.15) is 15.3 Å². The van der Waals surface area contributed by atoms with Gasteiger partial charge in [0.2, 0.25) is 17.5 Å². The van der Waals surface area contributed by atoms with Crippen molar-refractivity contribution in [3.63, 3.8) is 0 Å². The molecular formula is C19H17N5O2. The lowest BCUT2D eigenvalue weighted by atomic mass is 10.3. The second-order valence-electron chi connectivity index (χ2n) is 5.16. The number of rotatable bonds is 7. The number of benzene rings is 2. The van der Waals surface area contributed by atoms with E-state index >= 15 is 0 Å². The Morgan fingerprint density at radius 2 is 1.92 bits per heavy atom. The van der Waals surface area contributed by atoms with E-state index in [1.165, 1.54) is 6.21 Å². The summed E-state index contributed by atoms with van der Waals surface area (Å²) in [7, 11) is 0. The van der Waals surface area contributed by atoms with Crippen LogP contribution in [0.5, 0.6) is 5.75 Å². The van der Waals surface area contributed by atoms with Crippen LogP contribution in [-0.2, 0) is 0 Å². The molecule has 0 aliphatic carbocycles. The maximum absolute atomic E-state index is 9.23. The average Bonchev–Trinajstić information content (AvgIpc) is 3.06. The van der Waals surface area contributed by atoms with Crippen molar-refractivity contribution in [2.75, 3.05) is 17.3 Å². The van der Waals surface area contributed by atoms with E-state index in [0.717, 1.165) is 17.1 Å². The minimum atomic E-state index is 0.153. The van der Waals surface area contributed by atoms with Crippen molar-refractivity contribution in [1.82, 2.24) is 4.98 Å². The molecule has 0 unspecified atom stereocenters. The summed E-state index contributed by atoms with van der Waals surface area (Å²) < 4.78 is 11.0. The normalized spacial score (nSPS) is 10.5. The summed E-state index contributed by atoms with van der Waals surface area (Å²) in [6, 6.07) is 18.8. The lowest BCUT2D eigenvalue weighted by Crippen LogP contribution is -1.93. The number of nitriles is 1. The molecule has 0 spiro atoms. The summed E-state index contributed by atoms with van der Waals surface area (Å²) in [4.78, 5) is 4.10. The van der Waals surface area contributed by atoms with E-state index in [0.29, 0.717) is 6.61 Å². The zero-order valence-corrected chi connectivity index (χ0v) is 14.1. The Bertz CT molecular complexity index is 911. The van der Waals surface area contributed by atoms with Crippen molar-refractivity contribution in [3.05, 3.63) is 66.2 Å². The molecule has 7 heteroatoms. The van der Waals surface area contributed by atoms with Gasteiger partial charge < -0.3 is 14.5 Å². The van der Waals surface area contributed by atoms with Crippen LogP contribution >= 0.6 is 0 Å². The van der Waals surface area contributed by atoms with Crippen LogP contribution < -0.4 is 15.5 Å². The maximum atomic E-state index is 9.23. The van der Waals surface area contributed by atoms with Gasteiger partial charge in [0.15, 0.2) is 0 Å². The Morgan fingerprint density at radius 3 is 2.62 bits per heavy atom. The van der Waals surface area contributed by atoms with Crippen LogP contribution in [-0.4, -0.2) is 17.8 Å². The van der Waals surface area contributed by atoms with Crippen LogP contribution in [0.3, 0.4) is 0 Å². The molecule has 3 rings (SSSR count). The number of oxazole rings is 1. The number of anilines is 3. The quantitative estimate of drug-likeness (QED) is 0.493. The Labute approximate surface area is 150 Å². The molecule has 0 saturated carbocycles. The first-order valence-electron chi connectivity index (χ1n) is 8.03. The number of hydrazone groups is 1. The molecular weight excluding hydrogens is 330 g/mol. The van der Waals surface area contributed by atoms with Crippen LogP contribution in [0, 0.1) is 11.3 Å². The summed E-state index contributed by atoms with van der Waals surface area (Å²) >= 11 is 0. The third kappa shape index (κ3) is 4.39. The van der Waals surface area contributed by atoms with Crippen LogP contribution in [0.1, 0.15) is 18.5 Å². The minimum absolute atomic E-state index is 0.153. The number of ether oxygens (including phenoxy) is 1. The molecule has 2 N–H and O–H groups in total. The van der Waals surface area contributed by atoms with E-state index in [-0.39, 0.29) is 17.5 Å². The van der Waals surface area contributed by atoms with E-state index < -0.39 is 0 Å². The van der Waals surface area contributed by atoms with Gasteiger partial charge in [-0.05, 0) is 43.3 Å². The highest BCUT2D eigenvalue weighted by Crippen LogP contribution is 2.23. The average molecular weight is 347 g/mol. The molecule has 130 valence electrons. The van der Waals surface area contributed by atoms with Gasteiger partial charge in [0.05, 0.1) is 12.3 Å². The molecule has 0 saturated heterocycles. The lowest BCUT2D eigenvalue weighted by Gasteiger charge is -2.05. The third-order valence-corrected chi connectivity index (χ3v) is 3.32.